The second kappa shape index (κ2) is 13.4. The quantitative estimate of drug-likeness (QED) is 0.337. The van der Waals surface area contributed by atoms with Crippen molar-refractivity contribution in [2.75, 3.05) is 25.7 Å². The Kier molecular flexibility index (Phi) is 10.3. The predicted octanol–water partition coefficient (Wildman–Crippen LogP) is 5.19. The van der Waals surface area contributed by atoms with Crippen LogP contribution in [0.25, 0.3) is 0 Å². The molecule has 0 saturated heterocycles. The maximum atomic E-state index is 13.3. The number of alkyl halides is 3. The van der Waals surface area contributed by atoms with Gasteiger partial charge in [0.25, 0.3) is 5.91 Å². The highest BCUT2D eigenvalue weighted by atomic mass is 32.2. The third-order valence-electron chi connectivity index (χ3n) is 8.45. The molecular formula is C30H40F3N3O5S. The lowest BCUT2D eigenvalue weighted by molar-refractivity contribution is -0.184. The third kappa shape index (κ3) is 7.50. The van der Waals surface area contributed by atoms with E-state index in [0.29, 0.717) is 37.1 Å². The zero-order valence-electron chi connectivity index (χ0n) is 24.2. The fourth-order valence-electron chi connectivity index (χ4n) is 6.16. The van der Waals surface area contributed by atoms with Crippen molar-refractivity contribution in [3.8, 4) is 0 Å². The average molecular weight is 612 g/mol. The van der Waals surface area contributed by atoms with Crippen molar-refractivity contribution in [1.29, 1.82) is 0 Å². The van der Waals surface area contributed by atoms with Gasteiger partial charge in [-0.1, -0.05) is 32.9 Å². The molecule has 2 atom stereocenters. The van der Waals surface area contributed by atoms with Crippen LogP contribution < -0.4 is 5.32 Å². The van der Waals surface area contributed by atoms with Gasteiger partial charge in [-0.05, 0) is 66.8 Å². The Morgan fingerprint density at radius 3 is 2.40 bits per heavy atom. The van der Waals surface area contributed by atoms with Crippen molar-refractivity contribution in [3.05, 3.63) is 58.9 Å². The van der Waals surface area contributed by atoms with E-state index in [9.17, 15) is 31.5 Å². The molecule has 12 heteroatoms. The first-order valence-corrected chi connectivity index (χ1v) is 16.1. The summed E-state index contributed by atoms with van der Waals surface area (Å²) < 4.78 is 69.0. The van der Waals surface area contributed by atoms with Crippen LogP contribution in [-0.4, -0.2) is 61.2 Å². The molecule has 0 unspecified atom stereocenters. The number of hydrogen-bond donors (Lipinski definition) is 2. The summed E-state index contributed by atoms with van der Waals surface area (Å²) in [6.45, 7) is 6.44. The molecule has 2 N–H and O–H groups in total. The molecule has 232 valence electrons. The summed E-state index contributed by atoms with van der Waals surface area (Å²) in [6, 6.07) is 7.38. The number of nitrogens with one attached hydrogen (secondary N) is 1. The molecule has 0 bridgehead atoms. The van der Waals surface area contributed by atoms with E-state index < -0.39 is 40.7 Å². The molecule has 1 saturated carbocycles. The molecule has 1 amide bonds. The molecule has 4 rings (SSSR count). The van der Waals surface area contributed by atoms with E-state index >= 15 is 0 Å². The number of hydrogen-bond acceptors (Lipinski definition) is 7. The molecule has 8 nitrogen and oxygen atoms in total. The number of sulfone groups is 1. The first-order chi connectivity index (χ1) is 19.8. The second-order valence-electron chi connectivity index (χ2n) is 11.6. The summed E-state index contributed by atoms with van der Waals surface area (Å²) in [5.74, 6) is -1.22. The van der Waals surface area contributed by atoms with Crippen molar-refractivity contribution in [2.45, 2.75) is 76.2 Å². The summed E-state index contributed by atoms with van der Waals surface area (Å²) in [5.41, 5.74) is 2.77. The molecular weight excluding hydrogens is 571 g/mol. The van der Waals surface area contributed by atoms with Crippen molar-refractivity contribution in [1.82, 2.24) is 15.2 Å². The summed E-state index contributed by atoms with van der Waals surface area (Å²) in [6.07, 6.45) is -1.16. The van der Waals surface area contributed by atoms with Gasteiger partial charge in [0.2, 0.25) is 0 Å². The fourth-order valence-corrected chi connectivity index (χ4v) is 7.04. The number of pyridine rings is 1. The Hall–Kier alpha value is -2.54. The monoisotopic (exact) mass is 611 g/mol. The molecule has 1 fully saturated rings. The van der Waals surface area contributed by atoms with E-state index in [1.54, 1.807) is 19.1 Å². The normalized spacial score (nSPS) is 22.2. The Labute approximate surface area is 245 Å². The van der Waals surface area contributed by atoms with Gasteiger partial charge in [0.05, 0.1) is 46.5 Å². The molecule has 1 aliphatic heterocycles. The largest absolute Gasteiger partial charge is 0.391 e. The van der Waals surface area contributed by atoms with Crippen molar-refractivity contribution in [3.63, 3.8) is 0 Å². The van der Waals surface area contributed by atoms with Gasteiger partial charge in [-0.2, -0.15) is 13.2 Å². The highest BCUT2D eigenvalue weighted by molar-refractivity contribution is 7.91. The Morgan fingerprint density at radius 2 is 1.83 bits per heavy atom. The minimum atomic E-state index is -4.13. The molecule has 2 aliphatic rings. The lowest BCUT2D eigenvalue weighted by Crippen LogP contribution is -2.35. The van der Waals surface area contributed by atoms with Gasteiger partial charge in [-0.25, -0.2) is 8.42 Å². The summed E-state index contributed by atoms with van der Waals surface area (Å²) in [4.78, 5) is 20.5. The van der Waals surface area contributed by atoms with Gasteiger partial charge in [0.15, 0.2) is 9.84 Å². The van der Waals surface area contributed by atoms with Crippen LogP contribution in [0.2, 0.25) is 0 Å². The van der Waals surface area contributed by atoms with Gasteiger partial charge in [0.1, 0.15) is 6.79 Å². The first-order valence-electron chi connectivity index (χ1n) is 14.5. The van der Waals surface area contributed by atoms with Crippen LogP contribution in [0.15, 0.2) is 41.4 Å². The molecule has 2 aromatic rings. The first kappa shape index (κ1) is 32.4. The van der Waals surface area contributed by atoms with Crippen LogP contribution in [0.5, 0.6) is 0 Å². The second-order valence-corrected chi connectivity index (χ2v) is 13.9. The van der Waals surface area contributed by atoms with Crippen molar-refractivity contribution >= 4 is 15.7 Å². The highest BCUT2D eigenvalue weighted by Gasteiger charge is 2.42. The average Bonchev–Trinajstić information content (AvgIpc) is 3.32. The fraction of sp³-hybridized carbons (Fsp3) is 0.600. The summed E-state index contributed by atoms with van der Waals surface area (Å²) >= 11 is 0. The predicted molar refractivity (Wildman–Crippen MR) is 151 cm³/mol. The summed E-state index contributed by atoms with van der Waals surface area (Å²) in [7, 11) is -3.38. The maximum absolute atomic E-state index is 13.3. The standard InChI is InChI=1S/C30H40F3N3O5S/c1-4-42(39,40)25-11-7-21(8-12-25)26(17-41-18-37)35-29(38)22-13-23-16-36(28(19(2)3)27(23)34-14-22)15-20-5-9-24(10-6-20)30(31,32)33/h7-8,11-14,19-20,24,26,28,37H,4-6,9-10,15-18H2,1-3H3,(H,35,38)/t20?,24?,26-,28-/m0/s1. The number of aliphatic hydroxyl groups excluding tert-OH is 1. The molecule has 0 spiro atoms. The minimum Gasteiger partial charge on any atom is -0.371 e. The number of carbonyl (C=O) groups excluding carboxylic acids is 1. The molecule has 1 aromatic heterocycles. The van der Waals surface area contributed by atoms with E-state index in [1.165, 1.54) is 18.3 Å². The van der Waals surface area contributed by atoms with Gasteiger partial charge >= 0.3 is 6.18 Å². The molecule has 1 aromatic carbocycles. The number of amides is 1. The Bertz CT molecular complexity index is 1330. The van der Waals surface area contributed by atoms with E-state index in [0.717, 1.165) is 11.3 Å². The number of halogens is 3. The van der Waals surface area contributed by atoms with Gasteiger partial charge < -0.3 is 15.2 Å². The number of aromatic nitrogens is 1. The smallest absolute Gasteiger partial charge is 0.371 e. The number of carbonyl (C=O) groups is 1. The molecule has 42 heavy (non-hydrogen) atoms. The van der Waals surface area contributed by atoms with Crippen molar-refractivity contribution < 1.29 is 36.2 Å². The number of fused-ring (bicyclic) bond motifs is 1. The van der Waals surface area contributed by atoms with Crippen LogP contribution in [0.4, 0.5) is 13.2 Å². The van der Waals surface area contributed by atoms with Crippen LogP contribution in [-0.2, 0) is 21.1 Å². The summed E-state index contributed by atoms with van der Waals surface area (Å²) in [5, 5.41) is 12.1. The van der Waals surface area contributed by atoms with E-state index in [-0.39, 0.29) is 48.0 Å². The van der Waals surface area contributed by atoms with E-state index in [1.807, 2.05) is 6.07 Å². The lowest BCUT2D eigenvalue weighted by atomic mass is 9.81. The topological polar surface area (TPSA) is 109 Å². The lowest BCUT2D eigenvalue weighted by Gasteiger charge is -2.35. The zero-order chi connectivity index (χ0) is 30.7. The SMILES string of the molecule is CCS(=O)(=O)c1ccc([C@H](COCO)NC(=O)c2cnc3c(c2)CN(CC2CCC(C(F)(F)F)CC2)[C@H]3C(C)C)cc1. The Morgan fingerprint density at radius 1 is 1.17 bits per heavy atom. The van der Waals surface area contributed by atoms with Gasteiger partial charge in [-0.3, -0.25) is 14.7 Å². The number of aliphatic hydroxyl groups is 1. The van der Waals surface area contributed by atoms with Gasteiger partial charge in [-0.15, -0.1) is 0 Å². The Balaban J connectivity index is 1.47. The number of benzene rings is 1. The molecule has 1 aliphatic carbocycles. The third-order valence-corrected chi connectivity index (χ3v) is 10.2. The van der Waals surface area contributed by atoms with Crippen LogP contribution >= 0.6 is 0 Å². The minimum absolute atomic E-state index is 0.0149. The van der Waals surface area contributed by atoms with Crippen LogP contribution in [0.1, 0.15) is 85.7 Å². The highest BCUT2D eigenvalue weighted by Crippen LogP contribution is 2.43. The van der Waals surface area contributed by atoms with Gasteiger partial charge in [0, 0.05) is 19.3 Å². The number of nitrogens with zero attached hydrogens (tertiary/aromatic N) is 2. The van der Waals surface area contributed by atoms with E-state index in [4.69, 9.17) is 4.74 Å². The maximum Gasteiger partial charge on any atom is 0.391 e. The molecule has 2 heterocycles. The zero-order valence-corrected chi connectivity index (χ0v) is 25.0. The van der Waals surface area contributed by atoms with Crippen molar-refractivity contribution in [2.24, 2.45) is 17.8 Å². The van der Waals surface area contributed by atoms with Crippen LogP contribution in [0, 0.1) is 17.8 Å². The number of ether oxygens (including phenoxy) is 1. The van der Waals surface area contributed by atoms with Crippen LogP contribution in [0.3, 0.4) is 0 Å². The van der Waals surface area contributed by atoms with E-state index in [2.05, 4.69) is 29.0 Å². The number of rotatable bonds is 11. The molecule has 0 radical (unpaired) electrons.